The first-order valence-corrected chi connectivity index (χ1v) is 10.9. The zero-order chi connectivity index (χ0) is 20.8. The summed E-state index contributed by atoms with van der Waals surface area (Å²) in [7, 11) is 0. The summed E-state index contributed by atoms with van der Waals surface area (Å²) in [6, 6.07) is 29.0. The molecule has 0 bridgehead atoms. The molecule has 0 unspecified atom stereocenters. The molecular weight excluding hydrogens is 370 g/mol. The highest BCUT2D eigenvalue weighted by atomic mass is 16.5. The first kappa shape index (κ1) is 20.8. The standard InChI is InChI=1S/C27H31NO2/c1-2-22-13-15-25(16-14-22)27(29,24-11-7-4-8-12-24)26(23-9-5-3-6-10-23)21-28-17-19-30-20-18-28/h3-16,26,29H,2,17-21H2,1H3/t26-,27-/m1/s1. The van der Waals surface area contributed by atoms with Crippen molar-refractivity contribution in [1.82, 2.24) is 4.90 Å². The molecule has 30 heavy (non-hydrogen) atoms. The molecule has 0 amide bonds. The number of nitrogens with zero attached hydrogens (tertiary/aromatic N) is 1. The molecule has 1 aliphatic heterocycles. The fourth-order valence-corrected chi connectivity index (χ4v) is 4.46. The third-order valence-electron chi connectivity index (χ3n) is 6.27. The molecule has 0 saturated carbocycles. The van der Waals surface area contributed by atoms with Gasteiger partial charge in [0.2, 0.25) is 0 Å². The fourth-order valence-electron chi connectivity index (χ4n) is 4.46. The monoisotopic (exact) mass is 401 g/mol. The number of ether oxygens (including phenoxy) is 1. The zero-order valence-corrected chi connectivity index (χ0v) is 17.7. The second-order valence-corrected chi connectivity index (χ2v) is 8.06. The Hall–Kier alpha value is -2.46. The lowest BCUT2D eigenvalue weighted by Crippen LogP contribution is -2.45. The van der Waals surface area contributed by atoms with Crippen molar-refractivity contribution < 1.29 is 9.84 Å². The van der Waals surface area contributed by atoms with Gasteiger partial charge in [0, 0.05) is 25.6 Å². The molecule has 3 nitrogen and oxygen atoms in total. The minimum absolute atomic E-state index is 0.105. The van der Waals surface area contributed by atoms with E-state index >= 15 is 0 Å². The summed E-state index contributed by atoms with van der Waals surface area (Å²) in [6.45, 7) is 6.21. The lowest BCUT2D eigenvalue weighted by Gasteiger charge is -2.41. The summed E-state index contributed by atoms with van der Waals surface area (Å²) in [5, 5.41) is 12.5. The Labute approximate surface area is 179 Å². The molecule has 3 heteroatoms. The summed E-state index contributed by atoms with van der Waals surface area (Å²) in [5.41, 5.74) is 3.16. The van der Waals surface area contributed by atoms with Crippen LogP contribution in [0.15, 0.2) is 84.9 Å². The van der Waals surface area contributed by atoms with Gasteiger partial charge < -0.3 is 9.84 Å². The van der Waals surface area contributed by atoms with Crippen molar-refractivity contribution >= 4 is 0 Å². The van der Waals surface area contributed by atoms with E-state index in [1.165, 1.54) is 5.56 Å². The Morgan fingerprint density at radius 2 is 1.40 bits per heavy atom. The Balaban J connectivity index is 1.83. The van der Waals surface area contributed by atoms with Crippen molar-refractivity contribution in [2.45, 2.75) is 24.9 Å². The lowest BCUT2D eigenvalue weighted by atomic mass is 9.72. The van der Waals surface area contributed by atoms with Crippen LogP contribution in [0, 0.1) is 0 Å². The van der Waals surface area contributed by atoms with Gasteiger partial charge in [-0.25, -0.2) is 0 Å². The molecule has 1 N–H and O–H groups in total. The van der Waals surface area contributed by atoms with Gasteiger partial charge in [0.05, 0.1) is 13.2 Å². The van der Waals surface area contributed by atoms with E-state index in [4.69, 9.17) is 4.74 Å². The van der Waals surface area contributed by atoms with Crippen LogP contribution in [-0.4, -0.2) is 42.9 Å². The molecule has 0 spiro atoms. The topological polar surface area (TPSA) is 32.7 Å². The quantitative estimate of drug-likeness (QED) is 0.628. The van der Waals surface area contributed by atoms with Crippen LogP contribution in [0.5, 0.6) is 0 Å². The van der Waals surface area contributed by atoms with Crippen LogP contribution in [0.4, 0.5) is 0 Å². The number of aryl methyl sites for hydroxylation is 1. The third-order valence-corrected chi connectivity index (χ3v) is 6.27. The molecule has 0 radical (unpaired) electrons. The van der Waals surface area contributed by atoms with E-state index in [1.807, 2.05) is 36.4 Å². The Kier molecular flexibility index (Phi) is 6.63. The van der Waals surface area contributed by atoms with Gasteiger partial charge in [-0.3, -0.25) is 4.90 Å². The summed E-state index contributed by atoms with van der Waals surface area (Å²) in [4.78, 5) is 2.41. The van der Waals surface area contributed by atoms with Crippen molar-refractivity contribution in [3.63, 3.8) is 0 Å². The number of aliphatic hydroxyl groups is 1. The molecular formula is C27H31NO2. The number of hydrogen-bond donors (Lipinski definition) is 1. The first-order valence-electron chi connectivity index (χ1n) is 10.9. The molecule has 3 aromatic rings. The number of hydrogen-bond acceptors (Lipinski definition) is 3. The van der Waals surface area contributed by atoms with E-state index in [2.05, 4.69) is 60.4 Å². The second kappa shape index (κ2) is 9.57. The predicted molar refractivity (Wildman–Crippen MR) is 122 cm³/mol. The Morgan fingerprint density at radius 3 is 2.00 bits per heavy atom. The van der Waals surface area contributed by atoms with Crippen LogP contribution in [0.3, 0.4) is 0 Å². The van der Waals surface area contributed by atoms with E-state index < -0.39 is 5.60 Å². The molecule has 1 fully saturated rings. The van der Waals surface area contributed by atoms with Crippen molar-refractivity contribution in [3.8, 4) is 0 Å². The normalized spacial score (nSPS) is 17.9. The van der Waals surface area contributed by atoms with E-state index in [9.17, 15) is 5.11 Å². The van der Waals surface area contributed by atoms with Gasteiger partial charge in [-0.2, -0.15) is 0 Å². The van der Waals surface area contributed by atoms with Crippen LogP contribution in [0.25, 0.3) is 0 Å². The van der Waals surface area contributed by atoms with Crippen LogP contribution in [-0.2, 0) is 16.8 Å². The Morgan fingerprint density at radius 1 is 0.833 bits per heavy atom. The fraction of sp³-hybridized carbons (Fsp3) is 0.333. The third kappa shape index (κ3) is 4.34. The van der Waals surface area contributed by atoms with Gasteiger partial charge in [0.25, 0.3) is 0 Å². The molecule has 1 aliphatic rings. The zero-order valence-electron chi connectivity index (χ0n) is 17.7. The van der Waals surface area contributed by atoms with Crippen LogP contribution >= 0.6 is 0 Å². The molecule has 0 aliphatic carbocycles. The first-order chi connectivity index (χ1) is 14.7. The van der Waals surface area contributed by atoms with E-state index in [1.54, 1.807) is 0 Å². The van der Waals surface area contributed by atoms with Gasteiger partial charge in [-0.15, -0.1) is 0 Å². The molecule has 156 valence electrons. The maximum atomic E-state index is 12.5. The molecule has 0 aromatic heterocycles. The van der Waals surface area contributed by atoms with Gasteiger partial charge >= 0.3 is 0 Å². The number of morpholine rings is 1. The average Bonchev–Trinajstić information content (AvgIpc) is 2.84. The number of rotatable bonds is 7. The Bertz CT molecular complexity index is 905. The maximum absolute atomic E-state index is 12.5. The second-order valence-electron chi connectivity index (χ2n) is 8.06. The summed E-state index contributed by atoms with van der Waals surface area (Å²) >= 11 is 0. The number of benzene rings is 3. The van der Waals surface area contributed by atoms with Crippen LogP contribution in [0.2, 0.25) is 0 Å². The lowest BCUT2D eigenvalue weighted by molar-refractivity contribution is 0.000763. The highest BCUT2D eigenvalue weighted by Gasteiger charge is 2.42. The van der Waals surface area contributed by atoms with Crippen molar-refractivity contribution in [2.24, 2.45) is 0 Å². The smallest absolute Gasteiger partial charge is 0.123 e. The van der Waals surface area contributed by atoms with E-state index in [-0.39, 0.29) is 5.92 Å². The molecule has 3 aromatic carbocycles. The van der Waals surface area contributed by atoms with E-state index in [0.29, 0.717) is 0 Å². The van der Waals surface area contributed by atoms with Gasteiger partial charge in [-0.05, 0) is 28.7 Å². The minimum atomic E-state index is -1.13. The van der Waals surface area contributed by atoms with Crippen molar-refractivity contribution in [3.05, 3.63) is 107 Å². The summed E-state index contributed by atoms with van der Waals surface area (Å²) in [6.07, 6.45) is 0.986. The minimum Gasteiger partial charge on any atom is -0.380 e. The van der Waals surface area contributed by atoms with Crippen molar-refractivity contribution in [2.75, 3.05) is 32.8 Å². The predicted octanol–water partition coefficient (Wildman–Crippen LogP) is 4.60. The summed E-state index contributed by atoms with van der Waals surface area (Å²) < 4.78 is 5.56. The maximum Gasteiger partial charge on any atom is 0.123 e. The van der Waals surface area contributed by atoms with Crippen LogP contribution in [0.1, 0.15) is 35.1 Å². The van der Waals surface area contributed by atoms with Crippen LogP contribution < -0.4 is 0 Å². The summed E-state index contributed by atoms with van der Waals surface area (Å²) in [5.74, 6) is -0.105. The SMILES string of the molecule is CCc1ccc([C@](O)(c2ccccc2)[C@H](CN2CCOCC2)c2ccccc2)cc1. The van der Waals surface area contributed by atoms with Gasteiger partial charge in [-0.1, -0.05) is 91.9 Å². The largest absolute Gasteiger partial charge is 0.380 e. The van der Waals surface area contributed by atoms with Gasteiger partial charge in [0.15, 0.2) is 0 Å². The average molecular weight is 402 g/mol. The molecule has 2 atom stereocenters. The molecule has 1 heterocycles. The van der Waals surface area contributed by atoms with Gasteiger partial charge in [0.1, 0.15) is 5.60 Å². The highest BCUT2D eigenvalue weighted by Crippen LogP contribution is 2.43. The van der Waals surface area contributed by atoms with E-state index in [0.717, 1.165) is 56.0 Å². The molecule has 4 rings (SSSR count). The highest BCUT2D eigenvalue weighted by molar-refractivity contribution is 5.43. The van der Waals surface area contributed by atoms with Crippen molar-refractivity contribution in [1.29, 1.82) is 0 Å². The molecule has 1 saturated heterocycles.